The lowest BCUT2D eigenvalue weighted by Crippen LogP contribution is -2.36. The Morgan fingerprint density at radius 2 is 2.06 bits per heavy atom. The molecule has 1 aromatic rings. The fourth-order valence-corrected chi connectivity index (χ4v) is 1.72. The molecule has 2 heteroatoms. The van der Waals surface area contributed by atoms with E-state index in [-0.39, 0.29) is 0 Å². The van der Waals surface area contributed by atoms with Crippen molar-refractivity contribution < 1.29 is 0 Å². The average molecular weight is 220 g/mol. The van der Waals surface area contributed by atoms with E-state index in [0.29, 0.717) is 12.0 Å². The number of hydrogen-bond acceptors (Lipinski definition) is 2. The van der Waals surface area contributed by atoms with Gasteiger partial charge in [0.15, 0.2) is 0 Å². The van der Waals surface area contributed by atoms with Crippen molar-refractivity contribution in [1.82, 2.24) is 10.3 Å². The van der Waals surface area contributed by atoms with Crippen LogP contribution in [0.3, 0.4) is 0 Å². The molecule has 1 heterocycles. The van der Waals surface area contributed by atoms with E-state index in [2.05, 4.69) is 50.1 Å². The SMILES string of the molecule is CCCNC(Cc1ccc(C)cn1)C(C)C. The molecule has 0 radical (unpaired) electrons. The van der Waals surface area contributed by atoms with Gasteiger partial charge in [-0.15, -0.1) is 0 Å². The first-order chi connectivity index (χ1) is 7.63. The van der Waals surface area contributed by atoms with E-state index in [1.807, 2.05) is 6.20 Å². The number of rotatable bonds is 6. The van der Waals surface area contributed by atoms with Gasteiger partial charge in [0.2, 0.25) is 0 Å². The van der Waals surface area contributed by atoms with Crippen LogP contribution in [0.5, 0.6) is 0 Å². The molecule has 1 N–H and O–H groups in total. The molecular weight excluding hydrogens is 196 g/mol. The Labute approximate surface area is 99.5 Å². The zero-order valence-electron chi connectivity index (χ0n) is 11.0. The molecule has 0 saturated carbocycles. The first-order valence-electron chi connectivity index (χ1n) is 6.28. The molecule has 1 atom stereocenters. The predicted molar refractivity (Wildman–Crippen MR) is 69.6 cm³/mol. The number of nitrogens with zero attached hydrogens (tertiary/aromatic N) is 1. The lowest BCUT2D eigenvalue weighted by atomic mass is 9.98. The van der Waals surface area contributed by atoms with Crippen molar-refractivity contribution >= 4 is 0 Å². The van der Waals surface area contributed by atoms with Gasteiger partial charge in [-0.2, -0.15) is 0 Å². The lowest BCUT2D eigenvalue weighted by Gasteiger charge is -2.22. The standard InChI is InChI=1S/C14H24N2/c1-5-8-15-14(11(2)3)9-13-7-6-12(4)10-16-13/h6-7,10-11,14-15H,5,8-9H2,1-4H3. The van der Waals surface area contributed by atoms with Crippen LogP contribution in [0.2, 0.25) is 0 Å². The van der Waals surface area contributed by atoms with Crippen molar-refractivity contribution in [3.8, 4) is 0 Å². The van der Waals surface area contributed by atoms with Gasteiger partial charge in [0.1, 0.15) is 0 Å². The molecule has 2 nitrogen and oxygen atoms in total. The summed E-state index contributed by atoms with van der Waals surface area (Å²) in [6, 6.07) is 4.81. The minimum absolute atomic E-state index is 0.537. The fraction of sp³-hybridized carbons (Fsp3) is 0.643. The van der Waals surface area contributed by atoms with Crippen LogP contribution in [-0.4, -0.2) is 17.6 Å². The summed E-state index contributed by atoms with van der Waals surface area (Å²) in [5.41, 5.74) is 2.42. The van der Waals surface area contributed by atoms with Crippen LogP contribution in [0.25, 0.3) is 0 Å². The molecule has 0 aliphatic heterocycles. The summed E-state index contributed by atoms with van der Waals surface area (Å²) in [5, 5.41) is 3.59. The van der Waals surface area contributed by atoms with Crippen LogP contribution in [0.1, 0.15) is 38.4 Å². The summed E-state index contributed by atoms with van der Waals surface area (Å²) in [6.45, 7) is 9.90. The summed E-state index contributed by atoms with van der Waals surface area (Å²) in [5.74, 6) is 0.648. The van der Waals surface area contributed by atoms with Gasteiger partial charge in [-0.25, -0.2) is 0 Å². The maximum Gasteiger partial charge on any atom is 0.0419 e. The lowest BCUT2D eigenvalue weighted by molar-refractivity contribution is 0.394. The van der Waals surface area contributed by atoms with Crippen molar-refractivity contribution in [2.75, 3.05) is 6.54 Å². The predicted octanol–water partition coefficient (Wildman–Crippen LogP) is 2.96. The second-order valence-electron chi connectivity index (χ2n) is 4.84. The van der Waals surface area contributed by atoms with Crippen LogP contribution in [-0.2, 0) is 6.42 Å². The molecule has 0 spiro atoms. The number of aryl methyl sites for hydroxylation is 1. The zero-order chi connectivity index (χ0) is 12.0. The normalized spacial score (nSPS) is 13.1. The minimum Gasteiger partial charge on any atom is -0.313 e. The molecule has 16 heavy (non-hydrogen) atoms. The van der Waals surface area contributed by atoms with Crippen molar-refractivity contribution in [3.63, 3.8) is 0 Å². The minimum atomic E-state index is 0.537. The van der Waals surface area contributed by atoms with Gasteiger partial charge in [0.05, 0.1) is 0 Å². The van der Waals surface area contributed by atoms with Gasteiger partial charge in [-0.3, -0.25) is 4.98 Å². The first-order valence-corrected chi connectivity index (χ1v) is 6.28. The van der Waals surface area contributed by atoms with Crippen LogP contribution < -0.4 is 5.32 Å². The van der Waals surface area contributed by atoms with E-state index in [4.69, 9.17) is 0 Å². The van der Waals surface area contributed by atoms with E-state index < -0.39 is 0 Å². The smallest absolute Gasteiger partial charge is 0.0419 e. The Kier molecular flexibility index (Phi) is 5.47. The van der Waals surface area contributed by atoms with Gasteiger partial charge >= 0.3 is 0 Å². The summed E-state index contributed by atoms with van der Waals surface area (Å²) in [4.78, 5) is 4.47. The summed E-state index contributed by atoms with van der Waals surface area (Å²) in [6.07, 6.45) is 4.16. The molecule has 1 rings (SSSR count). The third-order valence-corrected chi connectivity index (χ3v) is 2.86. The third-order valence-electron chi connectivity index (χ3n) is 2.86. The van der Waals surface area contributed by atoms with Crippen LogP contribution in [0.15, 0.2) is 18.3 Å². The monoisotopic (exact) mass is 220 g/mol. The summed E-state index contributed by atoms with van der Waals surface area (Å²) in [7, 11) is 0. The molecule has 0 aliphatic carbocycles. The molecular formula is C14H24N2. The highest BCUT2D eigenvalue weighted by Gasteiger charge is 2.13. The van der Waals surface area contributed by atoms with Crippen molar-refractivity contribution in [1.29, 1.82) is 0 Å². The second-order valence-corrected chi connectivity index (χ2v) is 4.84. The van der Waals surface area contributed by atoms with E-state index >= 15 is 0 Å². The molecule has 90 valence electrons. The highest BCUT2D eigenvalue weighted by atomic mass is 14.9. The Morgan fingerprint density at radius 3 is 2.56 bits per heavy atom. The number of aromatic nitrogens is 1. The highest BCUT2D eigenvalue weighted by molar-refractivity contribution is 5.13. The zero-order valence-corrected chi connectivity index (χ0v) is 11.0. The highest BCUT2D eigenvalue weighted by Crippen LogP contribution is 2.09. The van der Waals surface area contributed by atoms with Gasteiger partial charge in [-0.1, -0.05) is 26.8 Å². The molecule has 1 unspecified atom stereocenters. The maximum absolute atomic E-state index is 4.47. The average Bonchev–Trinajstić information content (AvgIpc) is 2.26. The van der Waals surface area contributed by atoms with Gasteiger partial charge in [0.25, 0.3) is 0 Å². The largest absolute Gasteiger partial charge is 0.313 e. The van der Waals surface area contributed by atoms with Crippen LogP contribution in [0.4, 0.5) is 0 Å². The number of pyridine rings is 1. The van der Waals surface area contributed by atoms with Gasteiger partial charge < -0.3 is 5.32 Å². The fourth-order valence-electron chi connectivity index (χ4n) is 1.72. The summed E-state index contributed by atoms with van der Waals surface area (Å²) >= 11 is 0. The van der Waals surface area contributed by atoms with E-state index in [0.717, 1.165) is 13.0 Å². The molecule has 0 saturated heterocycles. The Hall–Kier alpha value is -0.890. The van der Waals surface area contributed by atoms with Crippen LogP contribution >= 0.6 is 0 Å². The maximum atomic E-state index is 4.47. The third kappa shape index (κ3) is 4.31. The number of hydrogen-bond donors (Lipinski definition) is 1. The second kappa shape index (κ2) is 6.64. The van der Waals surface area contributed by atoms with E-state index in [9.17, 15) is 0 Å². The van der Waals surface area contributed by atoms with Gasteiger partial charge in [-0.05, 0) is 37.4 Å². The molecule has 0 aromatic carbocycles. The molecule has 0 amide bonds. The first kappa shape index (κ1) is 13.2. The van der Waals surface area contributed by atoms with Crippen molar-refractivity contribution in [2.24, 2.45) is 5.92 Å². The number of nitrogens with one attached hydrogen (secondary N) is 1. The van der Waals surface area contributed by atoms with E-state index in [1.165, 1.54) is 17.7 Å². The summed E-state index contributed by atoms with van der Waals surface area (Å²) < 4.78 is 0. The Balaban J connectivity index is 2.57. The van der Waals surface area contributed by atoms with Crippen molar-refractivity contribution in [2.45, 2.75) is 46.6 Å². The van der Waals surface area contributed by atoms with Gasteiger partial charge in [0, 0.05) is 24.4 Å². The van der Waals surface area contributed by atoms with Crippen molar-refractivity contribution in [3.05, 3.63) is 29.6 Å². The molecule has 0 aliphatic rings. The van der Waals surface area contributed by atoms with Crippen LogP contribution in [0, 0.1) is 12.8 Å². The quantitative estimate of drug-likeness (QED) is 0.797. The van der Waals surface area contributed by atoms with E-state index in [1.54, 1.807) is 0 Å². The molecule has 1 aromatic heterocycles. The Bertz CT molecular complexity index is 290. The Morgan fingerprint density at radius 1 is 1.31 bits per heavy atom. The molecule has 0 bridgehead atoms. The topological polar surface area (TPSA) is 24.9 Å². The molecule has 0 fully saturated rings.